The van der Waals surface area contributed by atoms with Gasteiger partial charge in [0.2, 0.25) is 26.0 Å². The van der Waals surface area contributed by atoms with Crippen molar-refractivity contribution in [2.75, 3.05) is 40.4 Å². The van der Waals surface area contributed by atoms with Crippen LogP contribution in [0.1, 0.15) is 70.7 Å². The molecule has 4 bridgehead atoms. The molecule has 0 saturated heterocycles. The number of aromatic amines is 1. The van der Waals surface area contributed by atoms with Crippen LogP contribution in [-0.4, -0.2) is 65.1 Å². The number of rotatable bonds is 13. The summed E-state index contributed by atoms with van der Waals surface area (Å²) in [5.74, 6) is -0.103. The normalized spacial score (nSPS) is 22.6. The molecule has 0 aliphatic heterocycles. The van der Waals surface area contributed by atoms with Crippen LogP contribution in [0.4, 0.5) is 17.1 Å². The fourth-order valence-corrected chi connectivity index (χ4v) is 10.3. The lowest BCUT2D eigenvalue weighted by Gasteiger charge is -2.56. The molecular formula is C38H44N6O7S2. The number of sulfonamides is 2. The highest BCUT2D eigenvalue weighted by Crippen LogP contribution is 2.59. The van der Waals surface area contributed by atoms with Crippen LogP contribution >= 0.6 is 0 Å². The minimum Gasteiger partial charge on any atom is -0.361 e. The highest BCUT2D eigenvalue weighted by Gasteiger charge is 2.50. The second-order valence-electron chi connectivity index (χ2n) is 15.3. The summed E-state index contributed by atoms with van der Waals surface area (Å²) in [5.41, 5.74) is 2.00. The van der Waals surface area contributed by atoms with Gasteiger partial charge in [-0.2, -0.15) is 0 Å². The zero-order chi connectivity index (χ0) is 37.5. The van der Waals surface area contributed by atoms with Gasteiger partial charge in [-0.1, -0.05) is 30.3 Å². The Labute approximate surface area is 309 Å². The van der Waals surface area contributed by atoms with Crippen molar-refractivity contribution in [2.24, 2.45) is 23.2 Å². The number of fused-ring (bicyclic) bond motifs is 1. The lowest BCUT2D eigenvalue weighted by molar-refractivity contribution is -0.117. The van der Waals surface area contributed by atoms with Crippen molar-refractivity contribution in [1.82, 2.24) is 15.6 Å². The smallest absolute Gasteiger partial charge is 0.252 e. The van der Waals surface area contributed by atoms with Gasteiger partial charge >= 0.3 is 0 Å². The van der Waals surface area contributed by atoms with Gasteiger partial charge in [-0.3, -0.25) is 23.8 Å². The topological polar surface area (TPSA) is 195 Å². The first-order valence-electron chi connectivity index (χ1n) is 17.7. The molecule has 1 aromatic heterocycles. The molecule has 8 rings (SSSR count). The minimum atomic E-state index is -3.74. The third-order valence-electron chi connectivity index (χ3n) is 10.8. The third-order valence-corrected chi connectivity index (χ3v) is 12.0. The second-order valence-corrected chi connectivity index (χ2v) is 18.8. The Morgan fingerprint density at radius 3 is 1.87 bits per heavy atom. The maximum atomic E-state index is 14.0. The monoisotopic (exact) mass is 760 g/mol. The average molecular weight is 761 g/mol. The van der Waals surface area contributed by atoms with Crippen molar-refractivity contribution < 1.29 is 31.2 Å². The second kappa shape index (κ2) is 14.2. The van der Waals surface area contributed by atoms with E-state index in [1.165, 1.54) is 37.5 Å². The van der Waals surface area contributed by atoms with Crippen molar-refractivity contribution in [3.8, 4) is 0 Å². The van der Waals surface area contributed by atoms with Crippen LogP contribution < -0.4 is 25.4 Å². The Kier molecular flexibility index (Phi) is 9.74. The van der Waals surface area contributed by atoms with E-state index in [9.17, 15) is 31.2 Å². The number of hydrogen-bond donors (Lipinski definition) is 6. The summed E-state index contributed by atoms with van der Waals surface area (Å²) >= 11 is 0. The van der Waals surface area contributed by atoms with Gasteiger partial charge in [0.05, 0.1) is 40.9 Å². The first-order chi connectivity index (χ1) is 25.1. The van der Waals surface area contributed by atoms with E-state index in [0.29, 0.717) is 12.1 Å². The Morgan fingerprint density at radius 1 is 0.736 bits per heavy atom. The molecule has 1 atom stereocenters. The van der Waals surface area contributed by atoms with Crippen LogP contribution in [-0.2, 0) is 24.8 Å². The van der Waals surface area contributed by atoms with Crippen molar-refractivity contribution in [1.29, 1.82) is 0 Å². The van der Waals surface area contributed by atoms with Crippen LogP contribution in [0.15, 0.2) is 72.9 Å². The van der Waals surface area contributed by atoms with Gasteiger partial charge < -0.3 is 20.9 Å². The molecule has 6 N–H and O–H groups in total. The zero-order valence-electron chi connectivity index (χ0n) is 29.6. The van der Waals surface area contributed by atoms with E-state index in [1.54, 1.807) is 48.7 Å². The Balaban J connectivity index is 1.11. The summed E-state index contributed by atoms with van der Waals surface area (Å²) in [6.07, 6.45) is 11.0. The SMILES string of the molecule is CS(=O)(=O)Nc1cc(NC(=O)C(CNC(=O)c2cc3cc[nH]c3cc2C(=O)NCC23CC4CC(CC(C4)C2)C3)c2ccccc2)cc(NS(C)(=O)=O)c1. The van der Waals surface area contributed by atoms with Crippen molar-refractivity contribution in [3.05, 3.63) is 89.6 Å². The Bertz CT molecular complexity index is 2200. The number of anilines is 3. The molecule has 13 nitrogen and oxygen atoms in total. The lowest BCUT2D eigenvalue weighted by Crippen LogP contribution is -2.51. The molecule has 15 heteroatoms. The molecule has 0 radical (unpaired) electrons. The summed E-state index contributed by atoms with van der Waals surface area (Å²) < 4.78 is 52.5. The predicted octanol–water partition coefficient (Wildman–Crippen LogP) is 5.01. The average Bonchev–Trinajstić information content (AvgIpc) is 3.53. The predicted molar refractivity (Wildman–Crippen MR) is 205 cm³/mol. The van der Waals surface area contributed by atoms with Gasteiger partial charge in [0.25, 0.3) is 11.8 Å². The molecular weight excluding hydrogens is 717 g/mol. The first kappa shape index (κ1) is 36.5. The highest BCUT2D eigenvalue weighted by atomic mass is 32.2. The molecule has 4 aliphatic rings. The zero-order valence-corrected chi connectivity index (χ0v) is 31.2. The van der Waals surface area contributed by atoms with Crippen molar-refractivity contribution in [3.63, 3.8) is 0 Å². The first-order valence-corrected chi connectivity index (χ1v) is 21.5. The van der Waals surface area contributed by atoms with Gasteiger partial charge in [0, 0.05) is 35.9 Å². The van der Waals surface area contributed by atoms with Crippen LogP contribution in [0.3, 0.4) is 0 Å². The van der Waals surface area contributed by atoms with E-state index in [-0.39, 0.29) is 46.1 Å². The molecule has 4 aromatic rings. The van der Waals surface area contributed by atoms with E-state index in [0.717, 1.165) is 60.4 Å². The van der Waals surface area contributed by atoms with Gasteiger partial charge in [0.15, 0.2) is 0 Å². The van der Waals surface area contributed by atoms with Crippen LogP contribution in [0.25, 0.3) is 10.9 Å². The highest BCUT2D eigenvalue weighted by molar-refractivity contribution is 7.92. The Morgan fingerprint density at radius 2 is 1.28 bits per heavy atom. The maximum Gasteiger partial charge on any atom is 0.252 e. The molecule has 3 aromatic carbocycles. The number of H-pyrrole nitrogens is 1. The van der Waals surface area contributed by atoms with Crippen LogP contribution in [0, 0.1) is 23.2 Å². The van der Waals surface area contributed by atoms with Gasteiger partial charge in [0.1, 0.15) is 0 Å². The molecule has 0 spiro atoms. The van der Waals surface area contributed by atoms with E-state index < -0.39 is 37.8 Å². The van der Waals surface area contributed by atoms with E-state index in [2.05, 4.69) is 30.4 Å². The molecule has 3 amide bonds. The van der Waals surface area contributed by atoms with E-state index in [4.69, 9.17) is 0 Å². The van der Waals surface area contributed by atoms with Crippen molar-refractivity contribution in [2.45, 2.75) is 44.4 Å². The van der Waals surface area contributed by atoms with Crippen molar-refractivity contribution >= 4 is 65.7 Å². The number of carbonyl (C=O) groups excluding carboxylic acids is 3. The summed E-state index contributed by atoms with van der Waals surface area (Å²) in [5, 5.41) is 9.58. The quantitative estimate of drug-likeness (QED) is 0.110. The van der Waals surface area contributed by atoms with Gasteiger partial charge in [-0.15, -0.1) is 0 Å². The summed E-state index contributed by atoms with van der Waals surface area (Å²) in [7, 11) is -7.48. The molecule has 53 heavy (non-hydrogen) atoms. The number of carbonyl (C=O) groups is 3. The van der Waals surface area contributed by atoms with Gasteiger partial charge in [-0.25, -0.2) is 16.8 Å². The van der Waals surface area contributed by atoms with E-state index in [1.807, 2.05) is 6.07 Å². The Hall–Kier alpha value is -4.89. The molecule has 1 heterocycles. The van der Waals surface area contributed by atoms with Gasteiger partial charge in [-0.05, 0) is 104 Å². The van der Waals surface area contributed by atoms with Crippen LogP contribution in [0.5, 0.6) is 0 Å². The molecule has 4 saturated carbocycles. The van der Waals surface area contributed by atoms with Crippen LogP contribution in [0.2, 0.25) is 0 Å². The minimum absolute atomic E-state index is 0.0233. The number of nitrogens with one attached hydrogen (secondary N) is 6. The largest absolute Gasteiger partial charge is 0.361 e. The standard InChI is InChI=1S/C38H44N6O7S2/c1-52(48,49)43-29-14-28(15-30(16-29)44-53(2,50)51)42-37(47)33(26-6-4-3-5-7-26)21-40-35(45)31-13-27-8-9-39-34(27)17-32(31)36(46)41-22-38-18-23-10-24(19-38)12-25(11-23)20-38/h3-9,13-17,23-25,33,39,43-44H,10-12,18-22H2,1-2H3,(H,40,45)(H,41,46)(H,42,47). The number of amides is 3. The molecule has 4 fully saturated rings. The fraction of sp³-hybridized carbons (Fsp3) is 0.395. The fourth-order valence-electron chi connectivity index (χ4n) is 9.16. The van der Waals surface area contributed by atoms with E-state index >= 15 is 0 Å². The lowest BCUT2D eigenvalue weighted by atomic mass is 9.49. The summed E-state index contributed by atoms with van der Waals surface area (Å²) in [6, 6.07) is 18.0. The molecule has 280 valence electrons. The maximum absolute atomic E-state index is 14.0. The molecule has 1 unspecified atom stereocenters. The summed E-state index contributed by atoms with van der Waals surface area (Å²) in [6.45, 7) is 0.432. The molecule has 4 aliphatic carbocycles. The number of benzene rings is 3. The third kappa shape index (κ3) is 8.68. The number of hydrogen-bond acceptors (Lipinski definition) is 7. The number of aromatic nitrogens is 1. The summed E-state index contributed by atoms with van der Waals surface area (Å²) in [4.78, 5) is 44.9.